The molecule has 4 nitrogen and oxygen atoms in total. The predicted molar refractivity (Wildman–Crippen MR) is 164 cm³/mol. The van der Waals surface area contributed by atoms with Crippen LogP contribution in [0.5, 0.6) is 0 Å². The molecule has 2 aliphatic carbocycles. The van der Waals surface area contributed by atoms with Gasteiger partial charge in [-0.05, 0) is 118 Å². The lowest BCUT2D eigenvalue weighted by molar-refractivity contribution is -0.154. The molecule has 1 saturated heterocycles. The van der Waals surface area contributed by atoms with Gasteiger partial charge in [-0.1, -0.05) is 58.4 Å². The van der Waals surface area contributed by atoms with Gasteiger partial charge in [0.05, 0.1) is 24.7 Å². The lowest BCUT2D eigenvalue weighted by Gasteiger charge is -2.37. The van der Waals surface area contributed by atoms with E-state index in [-0.39, 0.29) is 22.4 Å². The normalized spacial score (nSPS) is 30.7. The number of hydrogen-bond donors (Lipinski definition) is 0. The first kappa shape index (κ1) is 31.0. The molecule has 3 atom stereocenters. The molecule has 0 bridgehead atoms. The van der Waals surface area contributed by atoms with Gasteiger partial charge in [0.2, 0.25) is 0 Å². The molecule has 0 spiro atoms. The summed E-state index contributed by atoms with van der Waals surface area (Å²) >= 11 is 0. The van der Waals surface area contributed by atoms with E-state index in [1.807, 2.05) is 0 Å². The Morgan fingerprint density at radius 2 is 1.88 bits per heavy atom. The second-order valence-corrected chi connectivity index (χ2v) is 14.5. The van der Waals surface area contributed by atoms with Crippen molar-refractivity contribution >= 4 is 17.8 Å². The maximum absolute atomic E-state index is 13.0. The molecular formula is C36H54O4. The summed E-state index contributed by atoms with van der Waals surface area (Å²) in [5, 5.41) is 0. The quantitative estimate of drug-likeness (QED) is 0.258. The van der Waals surface area contributed by atoms with Gasteiger partial charge in [0.15, 0.2) is 5.78 Å². The zero-order valence-corrected chi connectivity index (χ0v) is 26.4. The third kappa shape index (κ3) is 6.92. The first-order valence-electron chi connectivity index (χ1n) is 16.0. The SMILES string of the molecule is CCC1CC(=O)c2c(C=CCC(C)(C)CC)cc(CCCC3(C)CC(C4CCC(C)(C(=O)OC)CC4)CO3)cc21. The number of aryl methyl sites for hydroxylation is 1. The molecular weight excluding hydrogens is 496 g/mol. The van der Waals surface area contributed by atoms with Gasteiger partial charge >= 0.3 is 5.97 Å². The van der Waals surface area contributed by atoms with E-state index in [1.54, 1.807) is 0 Å². The topological polar surface area (TPSA) is 52.6 Å². The van der Waals surface area contributed by atoms with Crippen molar-refractivity contribution in [3.63, 3.8) is 0 Å². The van der Waals surface area contributed by atoms with Crippen LogP contribution in [0.25, 0.3) is 6.08 Å². The fourth-order valence-corrected chi connectivity index (χ4v) is 7.44. The number of methoxy groups -OCH3 is 1. The van der Waals surface area contributed by atoms with Crippen molar-refractivity contribution in [1.29, 1.82) is 0 Å². The molecule has 2 fully saturated rings. The van der Waals surface area contributed by atoms with E-state index in [2.05, 4.69) is 65.8 Å². The first-order chi connectivity index (χ1) is 18.9. The molecule has 3 unspecified atom stereocenters. The van der Waals surface area contributed by atoms with Crippen LogP contribution in [0.15, 0.2) is 18.2 Å². The van der Waals surface area contributed by atoms with Crippen molar-refractivity contribution in [2.75, 3.05) is 13.7 Å². The molecule has 0 N–H and O–H groups in total. The lowest BCUT2D eigenvalue weighted by atomic mass is 9.67. The Hall–Kier alpha value is -1.94. The third-order valence-corrected chi connectivity index (χ3v) is 10.8. The average Bonchev–Trinajstić information content (AvgIpc) is 3.48. The maximum atomic E-state index is 13.0. The molecule has 1 saturated carbocycles. The zero-order chi connectivity index (χ0) is 29.1. The van der Waals surface area contributed by atoms with Gasteiger partial charge in [-0.2, -0.15) is 0 Å². The molecule has 40 heavy (non-hydrogen) atoms. The Balaban J connectivity index is 1.37. The highest BCUT2D eigenvalue weighted by Crippen LogP contribution is 2.47. The number of carbonyl (C=O) groups excluding carboxylic acids is 2. The van der Waals surface area contributed by atoms with Gasteiger partial charge in [0, 0.05) is 12.0 Å². The summed E-state index contributed by atoms with van der Waals surface area (Å²) in [6.45, 7) is 14.3. The van der Waals surface area contributed by atoms with Gasteiger partial charge in [-0.25, -0.2) is 0 Å². The molecule has 0 radical (unpaired) electrons. The van der Waals surface area contributed by atoms with Gasteiger partial charge in [-0.3, -0.25) is 9.59 Å². The minimum atomic E-state index is -0.314. The van der Waals surface area contributed by atoms with Crippen molar-refractivity contribution in [3.8, 4) is 0 Å². The molecule has 0 amide bonds. The van der Waals surface area contributed by atoms with Crippen molar-refractivity contribution in [3.05, 3.63) is 40.5 Å². The van der Waals surface area contributed by atoms with Crippen LogP contribution >= 0.6 is 0 Å². The minimum absolute atomic E-state index is 0.0527. The summed E-state index contributed by atoms with van der Waals surface area (Å²) in [4.78, 5) is 25.2. The predicted octanol–water partition coefficient (Wildman–Crippen LogP) is 9.09. The third-order valence-electron chi connectivity index (χ3n) is 10.8. The summed E-state index contributed by atoms with van der Waals surface area (Å²) < 4.78 is 11.5. The number of carbonyl (C=O) groups is 2. The largest absolute Gasteiger partial charge is 0.469 e. The van der Waals surface area contributed by atoms with Gasteiger partial charge in [-0.15, -0.1) is 0 Å². The van der Waals surface area contributed by atoms with E-state index in [0.29, 0.717) is 30.0 Å². The highest BCUT2D eigenvalue weighted by molar-refractivity contribution is 6.04. The smallest absolute Gasteiger partial charge is 0.311 e. The van der Waals surface area contributed by atoms with Gasteiger partial charge in [0.1, 0.15) is 0 Å². The second-order valence-electron chi connectivity index (χ2n) is 14.5. The monoisotopic (exact) mass is 550 g/mol. The lowest BCUT2D eigenvalue weighted by Crippen LogP contribution is -2.35. The molecule has 1 aromatic carbocycles. The molecule has 1 aliphatic heterocycles. The van der Waals surface area contributed by atoms with Gasteiger partial charge < -0.3 is 9.47 Å². The van der Waals surface area contributed by atoms with E-state index >= 15 is 0 Å². The maximum Gasteiger partial charge on any atom is 0.311 e. The average molecular weight is 551 g/mol. The standard InChI is InChI=1S/C36H54O4/c1-8-26-22-31(37)32-28(13-11-16-34(3,4)9-2)20-25(21-30(26)32)12-10-17-36(6)23-29(24-40-36)27-14-18-35(5,19-15-27)33(38)39-7/h11,13,20-21,26-27,29H,8-10,12,14-19,22-24H2,1-7H3. The van der Waals surface area contributed by atoms with Crippen molar-refractivity contribution in [2.45, 2.75) is 130 Å². The molecule has 4 heteroatoms. The van der Waals surface area contributed by atoms with Crippen LogP contribution in [0.1, 0.15) is 145 Å². The number of hydrogen-bond acceptors (Lipinski definition) is 4. The Bertz CT molecular complexity index is 1090. The van der Waals surface area contributed by atoms with E-state index in [9.17, 15) is 9.59 Å². The fraction of sp³-hybridized carbons (Fsp3) is 0.722. The minimum Gasteiger partial charge on any atom is -0.469 e. The highest BCUT2D eigenvalue weighted by atomic mass is 16.5. The Morgan fingerprint density at radius 3 is 2.52 bits per heavy atom. The van der Waals surface area contributed by atoms with Crippen LogP contribution in [0.2, 0.25) is 0 Å². The van der Waals surface area contributed by atoms with Crippen LogP contribution in [0.3, 0.4) is 0 Å². The Kier molecular flexibility index (Phi) is 9.70. The van der Waals surface area contributed by atoms with Gasteiger partial charge in [0.25, 0.3) is 0 Å². The van der Waals surface area contributed by atoms with E-state index in [1.165, 1.54) is 18.2 Å². The summed E-state index contributed by atoms with van der Waals surface area (Å²) in [6, 6.07) is 4.62. The number of Topliss-reactive ketones (excluding diaryl/α,β-unsaturated/α-hetero) is 1. The van der Waals surface area contributed by atoms with Crippen LogP contribution in [0, 0.1) is 22.7 Å². The van der Waals surface area contributed by atoms with Crippen molar-refractivity contribution in [1.82, 2.24) is 0 Å². The number of ketones is 1. The number of ether oxygens (including phenoxy) is 2. The molecule has 3 aliphatic rings. The number of benzene rings is 1. The molecule has 222 valence electrons. The van der Waals surface area contributed by atoms with Crippen LogP contribution in [-0.2, 0) is 20.7 Å². The van der Waals surface area contributed by atoms with E-state index in [4.69, 9.17) is 9.47 Å². The number of esters is 1. The summed E-state index contributed by atoms with van der Waals surface area (Å²) in [6.07, 6.45) is 16.6. The number of fused-ring (bicyclic) bond motifs is 1. The molecule has 1 aromatic rings. The summed E-state index contributed by atoms with van der Waals surface area (Å²) in [5.41, 5.74) is 4.63. The number of rotatable bonds is 11. The van der Waals surface area contributed by atoms with Crippen LogP contribution < -0.4 is 0 Å². The zero-order valence-electron chi connectivity index (χ0n) is 26.4. The van der Waals surface area contributed by atoms with Crippen LogP contribution in [0.4, 0.5) is 0 Å². The van der Waals surface area contributed by atoms with E-state index < -0.39 is 0 Å². The Morgan fingerprint density at radius 1 is 1.15 bits per heavy atom. The summed E-state index contributed by atoms with van der Waals surface area (Å²) in [5.74, 6) is 1.85. The van der Waals surface area contributed by atoms with Crippen LogP contribution in [-0.4, -0.2) is 31.1 Å². The first-order valence-corrected chi connectivity index (χ1v) is 16.0. The molecule has 4 rings (SSSR count). The highest BCUT2D eigenvalue weighted by Gasteiger charge is 2.44. The summed E-state index contributed by atoms with van der Waals surface area (Å²) in [7, 11) is 1.51. The van der Waals surface area contributed by atoms with Crippen molar-refractivity contribution in [2.24, 2.45) is 22.7 Å². The van der Waals surface area contributed by atoms with E-state index in [0.717, 1.165) is 88.4 Å². The molecule has 0 aromatic heterocycles. The Labute approximate surface area is 243 Å². The molecule has 1 heterocycles. The second kappa shape index (κ2) is 12.5. The van der Waals surface area contributed by atoms with Crippen molar-refractivity contribution < 1.29 is 19.1 Å². The number of allylic oxidation sites excluding steroid dienone is 1. The fourth-order valence-electron chi connectivity index (χ4n) is 7.44.